The second kappa shape index (κ2) is 7.73. The topological polar surface area (TPSA) is 68.3 Å². The Morgan fingerprint density at radius 2 is 1.93 bits per heavy atom. The summed E-state index contributed by atoms with van der Waals surface area (Å²) >= 11 is 0. The van der Waals surface area contributed by atoms with Crippen molar-refractivity contribution in [1.29, 1.82) is 0 Å². The van der Waals surface area contributed by atoms with E-state index in [1.165, 1.54) is 31.4 Å². The van der Waals surface area contributed by atoms with Crippen molar-refractivity contribution in [2.24, 2.45) is 0 Å². The molecule has 0 radical (unpaired) electrons. The molecule has 2 unspecified atom stereocenters. The molecule has 154 valence electrons. The fourth-order valence-corrected chi connectivity index (χ4v) is 5.38. The first-order valence-corrected chi connectivity index (χ1v) is 10.9. The molecule has 5 rings (SSSR count). The number of rotatable bonds is 4. The van der Waals surface area contributed by atoms with Gasteiger partial charge in [0.2, 0.25) is 0 Å². The van der Waals surface area contributed by atoms with Gasteiger partial charge < -0.3 is 10.7 Å². The number of nitrogens with zero attached hydrogens (tertiary/aromatic N) is 2. The number of benzene rings is 2. The van der Waals surface area contributed by atoms with Crippen molar-refractivity contribution >= 4 is 23.0 Å². The molecule has 5 heteroatoms. The minimum atomic E-state index is -0.127. The summed E-state index contributed by atoms with van der Waals surface area (Å²) in [6, 6.07) is 13.3. The molecule has 2 atom stereocenters. The second-order valence-corrected chi connectivity index (χ2v) is 8.66. The zero-order chi connectivity index (χ0) is 20.7. The highest BCUT2D eigenvalue weighted by atomic mass is 16.1. The molecule has 0 aliphatic carbocycles. The summed E-state index contributed by atoms with van der Waals surface area (Å²) in [6.45, 7) is 2.36. The lowest BCUT2D eigenvalue weighted by molar-refractivity contribution is 0.0977. The van der Waals surface area contributed by atoms with Crippen LogP contribution in [-0.4, -0.2) is 40.8 Å². The minimum Gasteiger partial charge on any atom is -0.339 e. The predicted molar refractivity (Wildman–Crippen MR) is 119 cm³/mol. The third-order valence-electron chi connectivity index (χ3n) is 6.97. The standard InChI is InChI=1S/C25H27N3O2/c26-28-15-23(17-10-12-27-11-4-3-6-20(27)13-17)22-14-18(8-9-24(22)28)25(30)21-7-2-1-5-19(21)16-29/h1-2,5,7-9,14-17,20H,3-4,6,10-13,26H2. The Labute approximate surface area is 176 Å². The maximum atomic E-state index is 13.1. The van der Waals surface area contributed by atoms with Gasteiger partial charge in [-0.25, -0.2) is 0 Å². The second-order valence-electron chi connectivity index (χ2n) is 8.66. The Balaban J connectivity index is 1.51. The summed E-state index contributed by atoms with van der Waals surface area (Å²) in [5.74, 6) is 6.61. The summed E-state index contributed by atoms with van der Waals surface area (Å²) in [5.41, 5.74) is 3.65. The Kier molecular flexibility index (Phi) is 4.91. The zero-order valence-electron chi connectivity index (χ0n) is 17.1. The Morgan fingerprint density at radius 1 is 1.07 bits per heavy atom. The number of ketones is 1. The molecule has 5 nitrogen and oxygen atoms in total. The molecule has 3 aromatic rings. The first-order chi connectivity index (χ1) is 14.7. The molecule has 0 bridgehead atoms. The zero-order valence-corrected chi connectivity index (χ0v) is 17.1. The molecule has 3 heterocycles. The van der Waals surface area contributed by atoms with Crippen molar-refractivity contribution in [1.82, 2.24) is 9.58 Å². The summed E-state index contributed by atoms with van der Waals surface area (Å²) < 4.78 is 1.69. The monoisotopic (exact) mass is 401 g/mol. The Bertz CT molecular complexity index is 1120. The molecule has 0 spiro atoms. The van der Waals surface area contributed by atoms with Crippen LogP contribution in [0.2, 0.25) is 0 Å². The van der Waals surface area contributed by atoms with Gasteiger partial charge in [-0.2, -0.15) is 0 Å². The van der Waals surface area contributed by atoms with Gasteiger partial charge in [-0.1, -0.05) is 30.7 Å². The van der Waals surface area contributed by atoms with Crippen LogP contribution in [0.4, 0.5) is 0 Å². The molecular formula is C25H27N3O2. The van der Waals surface area contributed by atoms with Gasteiger partial charge in [0.1, 0.15) is 0 Å². The van der Waals surface area contributed by atoms with Gasteiger partial charge in [0.05, 0.1) is 5.52 Å². The van der Waals surface area contributed by atoms with Crippen molar-refractivity contribution in [3.8, 4) is 0 Å². The van der Waals surface area contributed by atoms with E-state index < -0.39 is 0 Å². The van der Waals surface area contributed by atoms with E-state index in [-0.39, 0.29) is 5.78 Å². The average molecular weight is 402 g/mol. The van der Waals surface area contributed by atoms with Gasteiger partial charge in [0, 0.05) is 34.3 Å². The number of aldehydes is 1. The fraction of sp³-hybridized carbons (Fsp3) is 0.360. The molecule has 2 fully saturated rings. The van der Waals surface area contributed by atoms with Gasteiger partial charge in [-0.3, -0.25) is 14.3 Å². The van der Waals surface area contributed by atoms with Crippen molar-refractivity contribution in [2.45, 2.75) is 44.1 Å². The highest BCUT2D eigenvalue weighted by Crippen LogP contribution is 2.39. The normalized spacial score (nSPS) is 22.0. The third kappa shape index (κ3) is 3.23. The SMILES string of the molecule is Nn1cc(C2CCN3CCCCC3C2)c2cc(C(=O)c3ccccc3C=O)ccc21. The summed E-state index contributed by atoms with van der Waals surface area (Å²) in [5, 5.41) is 1.06. The van der Waals surface area contributed by atoms with Crippen molar-refractivity contribution < 1.29 is 9.59 Å². The molecular weight excluding hydrogens is 374 g/mol. The van der Waals surface area contributed by atoms with Gasteiger partial charge in [0.15, 0.2) is 12.1 Å². The van der Waals surface area contributed by atoms with E-state index in [2.05, 4.69) is 4.90 Å². The highest BCUT2D eigenvalue weighted by molar-refractivity contribution is 6.14. The molecule has 2 aliphatic heterocycles. The molecule has 0 saturated carbocycles. The fourth-order valence-electron chi connectivity index (χ4n) is 5.38. The largest absolute Gasteiger partial charge is 0.339 e. The quantitative estimate of drug-likeness (QED) is 0.405. The van der Waals surface area contributed by atoms with Crippen LogP contribution in [0.25, 0.3) is 10.9 Å². The maximum Gasteiger partial charge on any atom is 0.193 e. The van der Waals surface area contributed by atoms with Crippen LogP contribution in [-0.2, 0) is 0 Å². The van der Waals surface area contributed by atoms with Crippen LogP contribution in [0, 0.1) is 0 Å². The average Bonchev–Trinajstić information content (AvgIpc) is 3.14. The van der Waals surface area contributed by atoms with E-state index in [0.717, 1.165) is 36.6 Å². The summed E-state index contributed by atoms with van der Waals surface area (Å²) in [6.07, 6.45) is 8.99. The van der Waals surface area contributed by atoms with E-state index >= 15 is 0 Å². The van der Waals surface area contributed by atoms with Gasteiger partial charge in [0.25, 0.3) is 0 Å². The molecule has 1 aromatic heterocycles. The van der Waals surface area contributed by atoms with Crippen LogP contribution in [0.1, 0.15) is 69.9 Å². The Morgan fingerprint density at radius 3 is 2.80 bits per heavy atom. The number of aromatic nitrogens is 1. The minimum absolute atomic E-state index is 0.127. The van der Waals surface area contributed by atoms with Crippen molar-refractivity contribution in [3.05, 3.63) is 70.9 Å². The van der Waals surface area contributed by atoms with Crippen LogP contribution in [0.3, 0.4) is 0 Å². The lowest BCUT2D eigenvalue weighted by Crippen LogP contribution is -2.44. The number of carbonyl (C=O) groups excluding carboxylic acids is 2. The number of hydrogen-bond donors (Lipinski definition) is 1. The van der Waals surface area contributed by atoms with E-state index in [0.29, 0.717) is 28.7 Å². The number of carbonyl (C=O) groups is 2. The van der Waals surface area contributed by atoms with Crippen LogP contribution in [0.5, 0.6) is 0 Å². The molecule has 2 aliphatic rings. The molecule has 30 heavy (non-hydrogen) atoms. The van der Waals surface area contributed by atoms with Gasteiger partial charge in [-0.15, -0.1) is 0 Å². The van der Waals surface area contributed by atoms with Crippen LogP contribution < -0.4 is 5.84 Å². The van der Waals surface area contributed by atoms with E-state index in [1.54, 1.807) is 28.9 Å². The van der Waals surface area contributed by atoms with E-state index in [4.69, 9.17) is 5.84 Å². The van der Waals surface area contributed by atoms with Gasteiger partial charge >= 0.3 is 0 Å². The lowest BCUT2D eigenvalue weighted by Gasteiger charge is -2.42. The van der Waals surface area contributed by atoms with Crippen LogP contribution in [0.15, 0.2) is 48.7 Å². The van der Waals surface area contributed by atoms with E-state index in [1.807, 2.05) is 24.4 Å². The number of hydrogen-bond acceptors (Lipinski definition) is 4. The highest BCUT2D eigenvalue weighted by Gasteiger charge is 2.32. The molecule has 2 saturated heterocycles. The summed E-state index contributed by atoms with van der Waals surface area (Å²) in [7, 11) is 0. The Hall–Kier alpha value is -2.92. The van der Waals surface area contributed by atoms with Crippen molar-refractivity contribution in [3.63, 3.8) is 0 Å². The number of nitrogen functional groups attached to an aromatic ring is 1. The van der Waals surface area contributed by atoms with Crippen molar-refractivity contribution in [2.75, 3.05) is 18.9 Å². The first-order valence-electron chi connectivity index (χ1n) is 10.9. The number of fused-ring (bicyclic) bond motifs is 2. The number of piperidine rings is 2. The summed E-state index contributed by atoms with van der Waals surface area (Å²) in [4.78, 5) is 27.2. The lowest BCUT2D eigenvalue weighted by atomic mass is 9.82. The maximum absolute atomic E-state index is 13.1. The van der Waals surface area contributed by atoms with Crippen LogP contribution >= 0.6 is 0 Å². The molecule has 0 amide bonds. The first kappa shape index (κ1) is 19.1. The third-order valence-corrected chi connectivity index (χ3v) is 6.97. The smallest absolute Gasteiger partial charge is 0.193 e. The molecule has 2 N–H and O–H groups in total. The molecule has 2 aromatic carbocycles. The predicted octanol–water partition coefficient (Wildman–Crippen LogP) is 4.13. The number of nitrogens with two attached hydrogens (primary N) is 1. The van der Waals surface area contributed by atoms with E-state index in [9.17, 15) is 9.59 Å². The van der Waals surface area contributed by atoms with Gasteiger partial charge in [-0.05, 0) is 68.5 Å².